The summed E-state index contributed by atoms with van der Waals surface area (Å²) in [4.78, 5) is 87.0. The number of amides is 4. The van der Waals surface area contributed by atoms with Crippen LogP contribution in [0.5, 0.6) is 11.5 Å². The minimum atomic E-state index is -1.34. The number of rotatable bonds is 13. The molecule has 4 N–H and O–H groups in total. The monoisotopic (exact) mass is 803 g/mol. The molecule has 16 heteroatoms. The van der Waals surface area contributed by atoms with Crippen molar-refractivity contribution in [3.8, 4) is 22.6 Å². The topological polar surface area (TPSA) is 200 Å². The van der Waals surface area contributed by atoms with E-state index in [0.29, 0.717) is 46.6 Å². The van der Waals surface area contributed by atoms with Crippen LogP contribution in [0.1, 0.15) is 74.5 Å². The molecule has 58 heavy (non-hydrogen) atoms. The van der Waals surface area contributed by atoms with Gasteiger partial charge in [0.1, 0.15) is 41.3 Å². The first-order valence-corrected chi connectivity index (χ1v) is 18.9. The molecule has 4 bridgehead atoms. The van der Waals surface area contributed by atoms with Gasteiger partial charge in [-0.1, -0.05) is 30.3 Å². The molecule has 16 nitrogen and oxygen atoms in total. The molecule has 1 heterocycles. The summed E-state index contributed by atoms with van der Waals surface area (Å²) in [6.45, 7) is 6.96. The molecule has 3 aromatic carbocycles. The van der Waals surface area contributed by atoms with Crippen LogP contribution in [0.4, 0.5) is 4.79 Å². The van der Waals surface area contributed by atoms with Crippen LogP contribution >= 0.6 is 0 Å². The van der Waals surface area contributed by atoms with Crippen LogP contribution in [0.25, 0.3) is 11.1 Å². The summed E-state index contributed by atoms with van der Waals surface area (Å²) in [6.07, 6.45) is 0.432. The van der Waals surface area contributed by atoms with Gasteiger partial charge in [-0.25, -0.2) is 14.4 Å². The minimum absolute atomic E-state index is 0.0677. The second-order valence-corrected chi connectivity index (χ2v) is 14.7. The van der Waals surface area contributed by atoms with Gasteiger partial charge >= 0.3 is 18.0 Å². The summed E-state index contributed by atoms with van der Waals surface area (Å²) in [5, 5.41) is 8.07. The lowest BCUT2D eigenvalue weighted by atomic mass is 9.93. The lowest BCUT2D eigenvalue weighted by Crippen LogP contribution is -2.54. The van der Waals surface area contributed by atoms with Gasteiger partial charge in [-0.05, 0) is 94.5 Å². The molecule has 312 valence electrons. The Bertz CT molecular complexity index is 1950. The maximum Gasteiger partial charge on any atom is 0.407 e. The fraction of sp³-hybridized carbons (Fsp3) is 0.429. The Labute approximate surface area is 338 Å². The number of benzene rings is 3. The van der Waals surface area contributed by atoms with Gasteiger partial charge in [-0.2, -0.15) is 0 Å². The number of alkyl carbamates (subject to hydrolysis) is 1. The van der Waals surface area contributed by atoms with Crippen LogP contribution in [-0.2, 0) is 39.9 Å². The third kappa shape index (κ3) is 11.9. The Morgan fingerprint density at radius 1 is 0.862 bits per heavy atom. The van der Waals surface area contributed by atoms with E-state index in [2.05, 4.69) is 21.4 Å². The number of carbonyl (C=O) groups is 6. The van der Waals surface area contributed by atoms with Crippen molar-refractivity contribution in [2.75, 3.05) is 34.9 Å². The van der Waals surface area contributed by atoms with Gasteiger partial charge in [-0.3, -0.25) is 14.4 Å². The second-order valence-electron chi connectivity index (χ2n) is 14.7. The van der Waals surface area contributed by atoms with Crippen molar-refractivity contribution in [3.63, 3.8) is 0 Å². The molecule has 0 saturated heterocycles. The van der Waals surface area contributed by atoms with Gasteiger partial charge in [0.2, 0.25) is 17.7 Å². The molecule has 0 saturated carbocycles. The largest absolute Gasteiger partial charge is 0.496 e. The molecule has 0 spiro atoms. The molecule has 1 aliphatic heterocycles. The molecule has 1 aliphatic rings. The molecular formula is C42H53N5O11. The molecule has 4 amide bonds. The van der Waals surface area contributed by atoms with E-state index in [9.17, 15) is 28.8 Å². The number of carbonyl (C=O) groups excluding carboxylic acids is 6. The highest BCUT2D eigenvalue weighted by Crippen LogP contribution is 2.40. The van der Waals surface area contributed by atoms with E-state index in [1.807, 2.05) is 0 Å². The van der Waals surface area contributed by atoms with Crippen molar-refractivity contribution in [2.45, 2.75) is 83.1 Å². The molecule has 3 aromatic rings. The number of hydroxylamine groups is 1. The van der Waals surface area contributed by atoms with Gasteiger partial charge in [0, 0.05) is 31.1 Å². The number of hydrogen-bond donors (Lipinski definition) is 4. The van der Waals surface area contributed by atoms with Gasteiger partial charge in [-0.15, -0.1) is 5.48 Å². The number of hydrogen-bond acceptors (Lipinski definition) is 12. The fourth-order valence-electron chi connectivity index (χ4n) is 6.32. The van der Waals surface area contributed by atoms with Gasteiger partial charge in [0.15, 0.2) is 0 Å². The van der Waals surface area contributed by atoms with Crippen molar-refractivity contribution in [1.82, 2.24) is 26.3 Å². The number of nitrogens with one attached hydrogen (secondary N) is 4. The third-order valence-corrected chi connectivity index (χ3v) is 9.26. The van der Waals surface area contributed by atoms with Crippen LogP contribution < -0.4 is 30.9 Å². The lowest BCUT2D eigenvalue weighted by Gasteiger charge is -2.32. The van der Waals surface area contributed by atoms with Crippen LogP contribution in [-0.4, -0.2) is 99.3 Å². The number of esters is 1. The van der Waals surface area contributed by atoms with E-state index in [1.54, 1.807) is 87.5 Å². The van der Waals surface area contributed by atoms with Crippen LogP contribution in [0, 0.1) is 0 Å². The van der Waals surface area contributed by atoms with Gasteiger partial charge in [0.05, 0.1) is 26.9 Å². The first kappa shape index (κ1) is 44.6. The molecule has 0 aliphatic carbocycles. The highest BCUT2D eigenvalue weighted by Gasteiger charge is 2.36. The standard InChI is InChI=1S/C42H53N5O11/c1-25-36(48)45-32(40(52)56-8)23-26-17-19-33(54-6)29(22-26)30-24-28(18-20-34(30)55-7)35(37(49)44-25)47(5)38(50)31(46-58-39(51)27-14-10-9-11-15-27)16-12-13-21-43-41(53)57-42(2,3)4/h9-11,14-15,17-20,22,24-25,31-32,35,46H,12-13,16,21,23H2,1-8H3,(H,43,53)(H,44,49)(H,45,48)/t25-,31-,32-,35-/m0/s1. The second kappa shape index (κ2) is 20.3. The Morgan fingerprint density at radius 3 is 2.16 bits per heavy atom. The first-order valence-electron chi connectivity index (χ1n) is 18.9. The molecule has 0 fully saturated rings. The zero-order valence-electron chi connectivity index (χ0n) is 34.1. The predicted molar refractivity (Wildman–Crippen MR) is 213 cm³/mol. The summed E-state index contributed by atoms with van der Waals surface area (Å²) in [5.74, 6) is -2.54. The van der Waals surface area contributed by atoms with E-state index in [1.165, 1.54) is 40.2 Å². The zero-order valence-corrected chi connectivity index (χ0v) is 34.1. The third-order valence-electron chi connectivity index (χ3n) is 9.26. The van der Waals surface area contributed by atoms with Crippen LogP contribution in [0.15, 0.2) is 66.7 Å². The summed E-state index contributed by atoms with van der Waals surface area (Å²) in [6, 6.07) is 13.7. The normalized spacial score (nSPS) is 17.3. The fourth-order valence-corrected chi connectivity index (χ4v) is 6.32. The average molecular weight is 804 g/mol. The summed E-state index contributed by atoms with van der Waals surface area (Å²) >= 11 is 0. The van der Waals surface area contributed by atoms with Crippen molar-refractivity contribution < 1.29 is 52.6 Å². The van der Waals surface area contributed by atoms with E-state index < -0.39 is 65.5 Å². The first-order chi connectivity index (χ1) is 27.6. The highest BCUT2D eigenvalue weighted by atomic mass is 16.7. The number of methoxy groups -OCH3 is 3. The number of nitrogens with zero attached hydrogens (tertiary/aromatic N) is 1. The molecule has 4 rings (SSSR count). The minimum Gasteiger partial charge on any atom is -0.496 e. The quantitative estimate of drug-likeness (QED) is 0.0839. The van der Waals surface area contributed by atoms with Crippen molar-refractivity contribution in [3.05, 3.63) is 83.4 Å². The van der Waals surface area contributed by atoms with E-state index >= 15 is 0 Å². The molecule has 0 unspecified atom stereocenters. The Morgan fingerprint density at radius 2 is 1.52 bits per heavy atom. The zero-order chi connectivity index (χ0) is 42.6. The van der Waals surface area contributed by atoms with Gasteiger partial charge in [0.25, 0.3) is 0 Å². The highest BCUT2D eigenvalue weighted by molar-refractivity contribution is 5.95. The van der Waals surface area contributed by atoms with Crippen LogP contribution in [0.2, 0.25) is 0 Å². The smallest absolute Gasteiger partial charge is 0.407 e. The van der Waals surface area contributed by atoms with E-state index in [4.69, 9.17) is 23.8 Å². The Balaban J connectivity index is 1.73. The Kier molecular flexibility index (Phi) is 15.6. The lowest BCUT2D eigenvalue weighted by molar-refractivity contribution is -0.146. The van der Waals surface area contributed by atoms with Crippen molar-refractivity contribution in [2.24, 2.45) is 0 Å². The summed E-state index contributed by atoms with van der Waals surface area (Å²) in [7, 11) is 5.63. The molecule has 0 radical (unpaired) electrons. The Hall–Kier alpha value is -6.16. The molecule has 4 atom stereocenters. The number of unbranched alkanes of at least 4 members (excludes halogenated alkanes) is 1. The number of likely N-dealkylation sites (N-methyl/N-ethyl adjacent to an activating group) is 1. The summed E-state index contributed by atoms with van der Waals surface area (Å²) in [5.41, 5.74) is 4.28. The maximum absolute atomic E-state index is 14.5. The van der Waals surface area contributed by atoms with E-state index in [0.717, 1.165) is 0 Å². The van der Waals surface area contributed by atoms with E-state index in [-0.39, 0.29) is 24.9 Å². The summed E-state index contributed by atoms with van der Waals surface area (Å²) < 4.78 is 21.7. The predicted octanol–water partition coefficient (Wildman–Crippen LogP) is 4.01. The van der Waals surface area contributed by atoms with Crippen LogP contribution in [0.3, 0.4) is 0 Å². The SMILES string of the molecule is COC(=O)[C@@H]1Cc2ccc(OC)c(c2)-c2cc(ccc2OC)[C@H](N(C)C(=O)[C@H](CCCCNC(=O)OC(C)(C)C)NOC(=O)c2ccccc2)C(=O)N[C@@H](C)C(=O)N1. The molecular weight excluding hydrogens is 750 g/mol. The van der Waals surface area contributed by atoms with Gasteiger partial charge < -0.3 is 44.6 Å². The molecule has 0 aromatic heterocycles. The van der Waals surface area contributed by atoms with Crippen molar-refractivity contribution >= 4 is 35.8 Å². The van der Waals surface area contributed by atoms with Crippen molar-refractivity contribution in [1.29, 1.82) is 0 Å². The average Bonchev–Trinajstić information content (AvgIpc) is 3.20. The number of fused-ring (bicyclic) bond motifs is 5. The maximum atomic E-state index is 14.5. The number of ether oxygens (including phenoxy) is 4.